The SMILES string of the molecule is O=C(NCC1CC1)C1CSCN1S(=O)(=O)c1ccc(SC(F)(F)F)cc1. The maximum absolute atomic E-state index is 12.8. The van der Waals surface area contributed by atoms with Gasteiger partial charge in [0.2, 0.25) is 15.9 Å². The number of carbonyl (C=O) groups excluding carboxylic acids is 1. The molecule has 11 heteroatoms. The van der Waals surface area contributed by atoms with Crippen LogP contribution in [-0.4, -0.2) is 48.4 Å². The van der Waals surface area contributed by atoms with E-state index < -0.39 is 21.6 Å². The molecule has 2 fully saturated rings. The number of thioether (sulfide) groups is 2. The maximum atomic E-state index is 12.8. The fourth-order valence-electron chi connectivity index (χ4n) is 2.50. The van der Waals surface area contributed by atoms with Gasteiger partial charge in [-0.1, -0.05) is 0 Å². The van der Waals surface area contributed by atoms with Gasteiger partial charge in [0, 0.05) is 17.2 Å². The highest BCUT2D eigenvalue weighted by atomic mass is 32.2. The molecule has 0 spiro atoms. The van der Waals surface area contributed by atoms with Crippen LogP contribution in [0.4, 0.5) is 13.2 Å². The summed E-state index contributed by atoms with van der Waals surface area (Å²) in [4.78, 5) is 12.1. The summed E-state index contributed by atoms with van der Waals surface area (Å²) in [7, 11) is -3.96. The number of halogens is 3. The average Bonchev–Trinajstić information content (AvgIpc) is 3.24. The first-order valence-electron chi connectivity index (χ1n) is 7.90. The van der Waals surface area contributed by atoms with E-state index in [9.17, 15) is 26.4 Å². The Balaban J connectivity index is 1.72. The quantitative estimate of drug-likeness (QED) is 0.709. The number of nitrogens with zero attached hydrogens (tertiary/aromatic N) is 1. The van der Waals surface area contributed by atoms with E-state index >= 15 is 0 Å². The Bertz CT molecular complexity index is 765. The Kier molecular flexibility index (Phi) is 5.80. The second kappa shape index (κ2) is 7.61. The van der Waals surface area contributed by atoms with E-state index in [1.54, 1.807) is 0 Å². The van der Waals surface area contributed by atoms with Crippen LogP contribution in [0.25, 0.3) is 0 Å². The summed E-state index contributed by atoms with van der Waals surface area (Å²) in [5, 5.41) is 2.79. The summed E-state index contributed by atoms with van der Waals surface area (Å²) < 4.78 is 63.9. The highest BCUT2D eigenvalue weighted by molar-refractivity contribution is 8.01. The van der Waals surface area contributed by atoms with Crippen molar-refractivity contribution in [3.05, 3.63) is 24.3 Å². The van der Waals surface area contributed by atoms with Gasteiger partial charge in [0.25, 0.3) is 0 Å². The number of sulfonamides is 1. The van der Waals surface area contributed by atoms with Crippen LogP contribution in [-0.2, 0) is 14.8 Å². The van der Waals surface area contributed by atoms with Crippen molar-refractivity contribution in [1.82, 2.24) is 9.62 Å². The number of hydrogen-bond acceptors (Lipinski definition) is 5. The lowest BCUT2D eigenvalue weighted by Crippen LogP contribution is -2.47. The molecule has 3 rings (SSSR count). The number of amides is 1. The van der Waals surface area contributed by atoms with Gasteiger partial charge in [-0.2, -0.15) is 17.5 Å². The zero-order valence-corrected chi connectivity index (χ0v) is 16.0. The minimum absolute atomic E-state index is 0.0917. The predicted molar refractivity (Wildman–Crippen MR) is 94.2 cm³/mol. The van der Waals surface area contributed by atoms with E-state index in [1.807, 2.05) is 0 Å². The van der Waals surface area contributed by atoms with Gasteiger partial charge in [0.15, 0.2) is 0 Å². The monoisotopic (exact) mass is 426 g/mol. The molecule has 1 aliphatic heterocycles. The van der Waals surface area contributed by atoms with Gasteiger partial charge >= 0.3 is 5.51 Å². The summed E-state index contributed by atoms with van der Waals surface area (Å²) in [5.74, 6) is 0.659. The molecular formula is C15H17F3N2O3S3. The number of alkyl halides is 3. The van der Waals surface area contributed by atoms with Crippen molar-refractivity contribution in [2.45, 2.75) is 34.2 Å². The molecule has 0 radical (unpaired) electrons. The summed E-state index contributed by atoms with van der Waals surface area (Å²) in [6.45, 7) is 0.553. The predicted octanol–water partition coefficient (Wildman–Crippen LogP) is 2.89. The molecule has 0 aromatic heterocycles. The Morgan fingerprint density at radius 1 is 1.27 bits per heavy atom. The first-order chi connectivity index (χ1) is 12.2. The third kappa shape index (κ3) is 4.87. The molecule has 2 aliphatic rings. The average molecular weight is 427 g/mol. The van der Waals surface area contributed by atoms with Crippen LogP contribution in [0.5, 0.6) is 0 Å². The second-order valence-electron chi connectivity index (χ2n) is 6.12. The first kappa shape index (κ1) is 19.8. The van der Waals surface area contributed by atoms with Gasteiger partial charge in [-0.05, 0) is 54.8 Å². The van der Waals surface area contributed by atoms with Gasteiger partial charge in [0.05, 0.1) is 10.8 Å². The minimum Gasteiger partial charge on any atom is -0.354 e. The fourth-order valence-corrected chi connectivity index (χ4v) is 6.19. The molecule has 1 saturated heterocycles. The normalized spacial score (nSPS) is 21.7. The van der Waals surface area contributed by atoms with E-state index in [-0.39, 0.29) is 33.3 Å². The van der Waals surface area contributed by atoms with E-state index in [1.165, 1.54) is 11.8 Å². The zero-order chi connectivity index (χ0) is 18.9. The van der Waals surface area contributed by atoms with Crippen LogP contribution in [0.1, 0.15) is 12.8 Å². The minimum atomic E-state index is -4.43. The molecule has 1 N–H and O–H groups in total. The second-order valence-corrected chi connectivity index (χ2v) is 10.1. The standard InChI is InChI=1S/C15H17F3N2O3S3/c16-15(17,18)25-11-3-5-12(6-4-11)26(22,23)20-9-24-8-13(20)14(21)19-7-10-1-2-10/h3-6,10,13H,1-2,7-9H2,(H,19,21). The number of carbonyl (C=O) groups is 1. The van der Waals surface area contributed by atoms with Crippen LogP contribution in [0.3, 0.4) is 0 Å². The molecule has 1 amide bonds. The van der Waals surface area contributed by atoms with E-state index in [0.29, 0.717) is 18.2 Å². The molecule has 144 valence electrons. The number of benzene rings is 1. The lowest BCUT2D eigenvalue weighted by molar-refractivity contribution is -0.123. The lowest BCUT2D eigenvalue weighted by atomic mass is 10.3. The van der Waals surface area contributed by atoms with Crippen molar-refractivity contribution >= 4 is 39.5 Å². The third-order valence-corrected chi connectivity index (χ3v) is 7.85. The van der Waals surface area contributed by atoms with Crippen LogP contribution in [0.2, 0.25) is 0 Å². The van der Waals surface area contributed by atoms with Crippen LogP contribution >= 0.6 is 23.5 Å². The highest BCUT2D eigenvalue weighted by Crippen LogP contribution is 2.37. The van der Waals surface area contributed by atoms with Gasteiger partial charge < -0.3 is 5.32 Å². The van der Waals surface area contributed by atoms with Gasteiger partial charge in [-0.15, -0.1) is 11.8 Å². The van der Waals surface area contributed by atoms with Crippen molar-refractivity contribution in [2.24, 2.45) is 5.92 Å². The van der Waals surface area contributed by atoms with Crippen molar-refractivity contribution < 1.29 is 26.4 Å². The summed E-state index contributed by atoms with van der Waals surface area (Å²) in [6, 6.07) is 3.73. The fraction of sp³-hybridized carbons (Fsp3) is 0.533. The van der Waals surface area contributed by atoms with E-state index in [0.717, 1.165) is 41.4 Å². The molecule has 0 bridgehead atoms. The van der Waals surface area contributed by atoms with Crippen LogP contribution in [0.15, 0.2) is 34.1 Å². The molecule has 1 unspecified atom stereocenters. The smallest absolute Gasteiger partial charge is 0.354 e. The molecule has 1 aromatic rings. The van der Waals surface area contributed by atoms with Crippen LogP contribution in [0, 0.1) is 5.92 Å². The summed E-state index contributed by atoms with van der Waals surface area (Å²) in [6.07, 6.45) is 2.15. The molecule has 1 aliphatic carbocycles. The number of nitrogens with one attached hydrogen (secondary N) is 1. The highest BCUT2D eigenvalue weighted by Gasteiger charge is 2.40. The Hall–Kier alpha value is -0.910. The van der Waals surface area contributed by atoms with Gasteiger partial charge in [-0.25, -0.2) is 8.42 Å². The first-order valence-corrected chi connectivity index (χ1v) is 11.3. The molecule has 26 heavy (non-hydrogen) atoms. The molecule has 1 aromatic carbocycles. The van der Waals surface area contributed by atoms with E-state index in [4.69, 9.17) is 0 Å². The van der Waals surface area contributed by atoms with Crippen molar-refractivity contribution in [3.63, 3.8) is 0 Å². The number of hydrogen-bond donors (Lipinski definition) is 1. The van der Waals surface area contributed by atoms with Crippen LogP contribution < -0.4 is 5.32 Å². The Morgan fingerprint density at radius 3 is 2.50 bits per heavy atom. The lowest BCUT2D eigenvalue weighted by Gasteiger charge is -2.22. The van der Waals surface area contributed by atoms with E-state index in [2.05, 4.69) is 5.32 Å². The largest absolute Gasteiger partial charge is 0.446 e. The Labute approximate surface area is 158 Å². The maximum Gasteiger partial charge on any atom is 0.446 e. The van der Waals surface area contributed by atoms with Crippen molar-refractivity contribution in [1.29, 1.82) is 0 Å². The van der Waals surface area contributed by atoms with Crippen molar-refractivity contribution in [3.8, 4) is 0 Å². The Morgan fingerprint density at radius 2 is 1.92 bits per heavy atom. The molecule has 1 heterocycles. The molecule has 1 saturated carbocycles. The molecule has 5 nitrogen and oxygen atoms in total. The van der Waals surface area contributed by atoms with Gasteiger partial charge in [-0.3, -0.25) is 4.79 Å². The molecule has 1 atom stereocenters. The topological polar surface area (TPSA) is 66.5 Å². The zero-order valence-electron chi connectivity index (χ0n) is 13.5. The summed E-state index contributed by atoms with van der Waals surface area (Å²) >= 11 is 1.03. The number of rotatable bonds is 6. The third-order valence-electron chi connectivity index (χ3n) is 4.07. The van der Waals surface area contributed by atoms with Crippen molar-refractivity contribution in [2.75, 3.05) is 18.2 Å². The van der Waals surface area contributed by atoms with Gasteiger partial charge in [0.1, 0.15) is 6.04 Å². The summed E-state index contributed by atoms with van der Waals surface area (Å²) in [5.41, 5.74) is -4.43. The molecular weight excluding hydrogens is 409 g/mol.